The van der Waals surface area contributed by atoms with Crippen LogP contribution in [0.4, 0.5) is 4.79 Å². The van der Waals surface area contributed by atoms with E-state index in [0.29, 0.717) is 28.2 Å². The molecule has 1 saturated heterocycles. The van der Waals surface area contributed by atoms with Gasteiger partial charge in [0.25, 0.3) is 5.91 Å². The number of benzene rings is 3. The van der Waals surface area contributed by atoms with Gasteiger partial charge < -0.3 is 14.8 Å². The summed E-state index contributed by atoms with van der Waals surface area (Å²) < 4.78 is 10.6. The number of amides is 3. The van der Waals surface area contributed by atoms with E-state index in [0.717, 1.165) is 4.90 Å². The molecule has 0 unspecified atom stereocenters. The van der Waals surface area contributed by atoms with E-state index in [1.165, 1.54) is 0 Å². The van der Waals surface area contributed by atoms with Crippen molar-refractivity contribution in [2.24, 2.45) is 0 Å². The first kappa shape index (κ1) is 18.9. The summed E-state index contributed by atoms with van der Waals surface area (Å²) in [6, 6.07) is 22.2. The van der Waals surface area contributed by atoms with E-state index in [-0.39, 0.29) is 19.1 Å². The van der Waals surface area contributed by atoms with Crippen molar-refractivity contribution in [2.75, 3.05) is 13.3 Å². The molecule has 2 aliphatic heterocycles. The molecule has 7 nitrogen and oxygen atoms in total. The molecule has 3 aromatic rings. The molecule has 31 heavy (non-hydrogen) atoms. The van der Waals surface area contributed by atoms with Gasteiger partial charge in [0.1, 0.15) is 0 Å². The number of Topliss-reactive ketones (excluding diaryl/α,β-unsaturated/α-hetero) is 1. The first-order valence-corrected chi connectivity index (χ1v) is 9.77. The highest BCUT2D eigenvalue weighted by Crippen LogP contribution is 2.36. The summed E-state index contributed by atoms with van der Waals surface area (Å²) in [5, 5.41) is 2.84. The second-order valence-corrected chi connectivity index (χ2v) is 7.29. The van der Waals surface area contributed by atoms with Crippen molar-refractivity contribution in [1.82, 2.24) is 10.2 Å². The molecular weight excluding hydrogens is 396 g/mol. The number of ether oxygens (including phenoxy) is 2. The second kappa shape index (κ2) is 7.28. The number of carbonyl (C=O) groups excluding carboxylic acids is 3. The van der Waals surface area contributed by atoms with Crippen LogP contribution in [-0.4, -0.2) is 36.0 Å². The fraction of sp³-hybridized carbons (Fsp3) is 0.125. The molecule has 1 fully saturated rings. The third kappa shape index (κ3) is 3.02. The predicted octanol–water partition coefficient (Wildman–Crippen LogP) is 3.09. The summed E-state index contributed by atoms with van der Waals surface area (Å²) >= 11 is 0. The summed E-state index contributed by atoms with van der Waals surface area (Å²) in [5.74, 6) is 0.146. The Morgan fingerprint density at radius 3 is 2.13 bits per heavy atom. The second-order valence-electron chi connectivity index (χ2n) is 7.29. The molecule has 0 aromatic heterocycles. The third-order valence-electron chi connectivity index (χ3n) is 5.52. The zero-order valence-corrected chi connectivity index (χ0v) is 16.4. The Balaban J connectivity index is 1.49. The highest BCUT2D eigenvalue weighted by molar-refractivity contribution is 6.13. The Bertz CT molecular complexity index is 1140. The Hall–Kier alpha value is -4.13. The van der Waals surface area contributed by atoms with Crippen LogP contribution in [0.2, 0.25) is 0 Å². The molecule has 1 N–H and O–H groups in total. The minimum atomic E-state index is -1.39. The van der Waals surface area contributed by atoms with E-state index in [1.54, 1.807) is 66.7 Å². The zero-order chi connectivity index (χ0) is 21.4. The number of nitrogens with zero attached hydrogens (tertiary/aromatic N) is 1. The maximum absolute atomic E-state index is 13.6. The van der Waals surface area contributed by atoms with Crippen LogP contribution in [0, 0.1) is 0 Å². The molecule has 3 aromatic carbocycles. The maximum atomic E-state index is 13.6. The largest absolute Gasteiger partial charge is 0.454 e. The molecule has 2 heterocycles. The minimum Gasteiger partial charge on any atom is -0.454 e. The van der Waals surface area contributed by atoms with Crippen molar-refractivity contribution >= 4 is 17.7 Å². The lowest BCUT2D eigenvalue weighted by atomic mass is 9.82. The van der Waals surface area contributed by atoms with Crippen LogP contribution in [-0.2, 0) is 10.3 Å². The van der Waals surface area contributed by atoms with Crippen LogP contribution in [0.25, 0.3) is 0 Å². The van der Waals surface area contributed by atoms with Crippen molar-refractivity contribution < 1.29 is 23.9 Å². The molecule has 154 valence electrons. The Labute approximate surface area is 178 Å². The lowest BCUT2D eigenvalue weighted by Crippen LogP contribution is -2.45. The predicted molar refractivity (Wildman–Crippen MR) is 111 cm³/mol. The van der Waals surface area contributed by atoms with Crippen molar-refractivity contribution in [2.45, 2.75) is 5.54 Å². The number of imide groups is 1. The Morgan fingerprint density at radius 1 is 0.871 bits per heavy atom. The van der Waals surface area contributed by atoms with Crippen LogP contribution < -0.4 is 14.8 Å². The van der Waals surface area contributed by atoms with Crippen molar-refractivity contribution in [3.05, 3.63) is 95.6 Å². The van der Waals surface area contributed by atoms with Crippen molar-refractivity contribution in [3.8, 4) is 11.5 Å². The average Bonchev–Trinajstić information content (AvgIpc) is 3.38. The van der Waals surface area contributed by atoms with Gasteiger partial charge in [-0.05, 0) is 29.3 Å². The number of rotatable bonds is 5. The van der Waals surface area contributed by atoms with Crippen molar-refractivity contribution in [1.29, 1.82) is 0 Å². The van der Waals surface area contributed by atoms with E-state index in [2.05, 4.69) is 5.32 Å². The number of nitrogens with one attached hydrogen (secondary N) is 1. The number of urea groups is 1. The number of hydrogen-bond donors (Lipinski definition) is 1. The molecule has 0 radical (unpaired) electrons. The summed E-state index contributed by atoms with van der Waals surface area (Å²) in [6.45, 7) is -0.289. The lowest BCUT2D eigenvalue weighted by molar-refractivity contribution is -0.129. The highest BCUT2D eigenvalue weighted by Gasteiger charge is 2.54. The summed E-state index contributed by atoms with van der Waals surface area (Å²) in [4.78, 5) is 40.4. The van der Waals surface area contributed by atoms with Gasteiger partial charge in [0, 0.05) is 5.56 Å². The topological polar surface area (TPSA) is 84.9 Å². The van der Waals surface area contributed by atoms with Gasteiger partial charge in [-0.15, -0.1) is 0 Å². The van der Waals surface area contributed by atoms with Gasteiger partial charge in [0.2, 0.25) is 6.79 Å². The minimum absolute atomic E-state index is 0.0939. The van der Waals surface area contributed by atoms with Crippen LogP contribution >= 0.6 is 0 Å². The SMILES string of the molecule is O=C(CN1C(=O)NC(c2ccccc2)(c2ccccc2)C1=O)c1ccc2c(c1)OCO2. The normalized spacial score (nSPS) is 16.3. The van der Waals surface area contributed by atoms with Gasteiger partial charge in [-0.2, -0.15) is 0 Å². The zero-order valence-electron chi connectivity index (χ0n) is 16.4. The van der Waals surface area contributed by atoms with Gasteiger partial charge in [0.15, 0.2) is 22.8 Å². The standard InChI is InChI=1S/C24H18N2O5/c27-19(16-11-12-20-21(13-16)31-15-30-20)14-26-22(28)24(25-23(26)29,17-7-3-1-4-8-17)18-9-5-2-6-10-18/h1-13H,14-15H2,(H,25,29). The van der Waals surface area contributed by atoms with Crippen LogP contribution in [0.1, 0.15) is 21.5 Å². The third-order valence-corrected chi connectivity index (χ3v) is 5.52. The summed E-state index contributed by atoms with van der Waals surface area (Å²) in [5.41, 5.74) is 0.186. The molecule has 0 spiro atoms. The number of hydrogen-bond acceptors (Lipinski definition) is 5. The monoisotopic (exact) mass is 414 g/mol. The van der Waals surface area contributed by atoms with Crippen LogP contribution in [0.15, 0.2) is 78.9 Å². The first-order valence-electron chi connectivity index (χ1n) is 9.77. The molecule has 0 aliphatic carbocycles. The molecule has 2 aliphatic rings. The molecule has 0 saturated carbocycles. The van der Waals surface area contributed by atoms with E-state index in [9.17, 15) is 14.4 Å². The Kier molecular flexibility index (Phi) is 4.43. The molecule has 0 bridgehead atoms. The average molecular weight is 414 g/mol. The first-order chi connectivity index (χ1) is 15.1. The van der Waals surface area contributed by atoms with Crippen LogP contribution in [0.3, 0.4) is 0 Å². The van der Waals surface area contributed by atoms with Gasteiger partial charge in [-0.3, -0.25) is 14.5 Å². The maximum Gasteiger partial charge on any atom is 0.325 e. The fourth-order valence-corrected chi connectivity index (χ4v) is 3.96. The van der Waals surface area contributed by atoms with E-state index < -0.39 is 17.5 Å². The molecule has 0 atom stereocenters. The van der Waals surface area contributed by atoms with E-state index >= 15 is 0 Å². The number of fused-ring (bicyclic) bond motifs is 1. The number of carbonyl (C=O) groups is 3. The summed E-state index contributed by atoms with van der Waals surface area (Å²) in [6.07, 6.45) is 0. The quantitative estimate of drug-likeness (QED) is 0.512. The lowest BCUT2D eigenvalue weighted by Gasteiger charge is -2.28. The smallest absolute Gasteiger partial charge is 0.325 e. The van der Waals surface area contributed by atoms with E-state index in [1.807, 2.05) is 12.1 Å². The van der Waals surface area contributed by atoms with Gasteiger partial charge in [-0.1, -0.05) is 60.7 Å². The Morgan fingerprint density at radius 2 is 1.48 bits per heavy atom. The van der Waals surface area contributed by atoms with Crippen molar-refractivity contribution in [3.63, 3.8) is 0 Å². The van der Waals surface area contributed by atoms with Gasteiger partial charge >= 0.3 is 6.03 Å². The van der Waals surface area contributed by atoms with Gasteiger partial charge in [0.05, 0.1) is 6.54 Å². The summed E-state index contributed by atoms with van der Waals surface area (Å²) in [7, 11) is 0. The molecule has 7 heteroatoms. The molecule has 3 amide bonds. The van der Waals surface area contributed by atoms with E-state index in [4.69, 9.17) is 9.47 Å². The van der Waals surface area contributed by atoms with Crippen LogP contribution in [0.5, 0.6) is 11.5 Å². The number of ketones is 1. The highest BCUT2D eigenvalue weighted by atomic mass is 16.7. The molecule has 5 rings (SSSR count). The van der Waals surface area contributed by atoms with Gasteiger partial charge in [-0.25, -0.2) is 4.79 Å². The fourth-order valence-electron chi connectivity index (χ4n) is 3.96. The molecular formula is C24H18N2O5.